The van der Waals surface area contributed by atoms with Crippen LogP contribution in [0.25, 0.3) is 11.4 Å². The van der Waals surface area contributed by atoms with E-state index >= 15 is 0 Å². The zero-order chi connectivity index (χ0) is 21.2. The molecule has 3 rings (SSSR count). The molecule has 2 heterocycles. The van der Waals surface area contributed by atoms with Crippen LogP contribution in [0.15, 0.2) is 18.3 Å². The molecule has 9 heteroatoms. The van der Waals surface area contributed by atoms with Crippen LogP contribution in [0.3, 0.4) is 0 Å². The van der Waals surface area contributed by atoms with E-state index in [9.17, 15) is 19.1 Å². The van der Waals surface area contributed by atoms with Gasteiger partial charge < -0.3 is 25.0 Å². The predicted octanol–water partition coefficient (Wildman–Crippen LogP) is 0.761. The minimum absolute atomic E-state index is 0.0495. The second-order valence-electron chi connectivity index (χ2n) is 7.04. The van der Waals surface area contributed by atoms with Crippen LogP contribution in [0.4, 0.5) is 4.39 Å². The van der Waals surface area contributed by atoms with E-state index in [0.717, 1.165) is 0 Å². The van der Waals surface area contributed by atoms with Crippen molar-refractivity contribution >= 4 is 12.3 Å². The molecule has 0 saturated carbocycles. The molecule has 1 unspecified atom stereocenters. The Bertz CT molecular complexity index is 1020. The summed E-state index contributed by atoms with van der Waals surface area (Å²) in [6.07, 6.45) is 2.38. The summed E-state index contributed by atoms with van der Waals surface area (Å²) in [5, 5.41) is 10.4. The van der Waals surface area contributed by atoms with Gasteiger partial charge in [-0.15, -0.1) is 0 Å². The van der Waals surface area contributed by atoms with Crippen molar-refractivity contribution in [2.75, 3.05) is 20.2 Å². The van der Waals surface area contributed by atoms with Gasteiger partial charge in [0.25, 0.3) is 5.91 Å². The van der Waals surface area contributed by atoms with Crippen LogP contribution in [0.2, 0.25) is 0 Å². The number of carbonyl (C=O) groups is 2. The van der Waals surface area contributed by atoms with E-state index < -0.39 is 17.3 Å². The molecular weight excluding hydrogens is 379 g/mol. The third-order valence-corrected chi connectivity index (χ3v) is 4.53. The van der Waals surface area contributed by atoms with Crippen molar-refractivity contribution in [2.24, 2.45) is 5.73 Å². The first-order valence-electron chi connectivity index (χ1n) is 8.95. The average molecular weight is 400 g/mol. The van der Waals surface area contributed by atoms with E-state index in [2.05, 4.69) is 16.8 Å². The molecule has 1 atom stereocenters. The predicted molar refractivity (Wildman–Crippen MR) is 102 cm³/mol. The molecule has 0 saturated heterocycles. The standard InChI is InChI=1S/C20H21FN4O4/c1-20(28,5-6-24(2)12-26)4-3-13-9-14-17(10-15(13)21)29-8-7-25-11-16(18(22)27)23-19(14)25/h9-12,28H,5-8H2,1-2H3,(H2,22,27). The Morgan fingerprint density at radius 1 is 1.55 bits per heavy atom. The molecular formula is C20H21FN4O4. The van der Waals surface area contributed by atoms with E-state index in [0.29, 0.717) is 30.9 Å². The third kappa shape index (κ3) is 4.55. The zero-order valence-corrected chi connectivity index (χ0v) is 16.1. The van der Waals surface area contributed by atoms with Crippen molar-refractivity contribution in [1.29, 1.82) is 0 Å². The Morgan fingerprint density at radius 3 is 3.00 bits per heavy atom. The van der Waals surface area contributed by atoms with E-state index in [4.69, 9.17) is 10.5 Å². The third-order valence-electron chi connectivity index (χ3n) is 4.53. The molecule has 2 aromatic rings. The van der Waals surface area contributed by atoms with Gasteiger partial charge in [-0.05, 0) is 13.0 Å². The first-order valence-corrected chi connectivity index (χ1v) is 8.95. The zero-order valence-electron chi connectivity index (χ0n) is 16.1. The van der Waals surface area contributed by atoms with Crippen molar-refractivity contribution in [1.82, 2.24) is 14.5 Å². The molecule has 0 bridgehead atoms. The molecule has 0 fully saturated rings. The van der Waals surface area contributed by atoms with Gasteiger partial charge in [0.15, 0.2) is 0 Å². The minimum Gasteiger partial charge on any atom is -0.491 e. The van der Waals surface area contributed by atoms with Gasteiger partial charge in [-0.25, -0.2) is 9.37 Å². The molecule has 29 heavy (non-hydrogen) atoms. The van der Waals surface area contributed by atoms with Gasteiger partial charge in [0.05, 0.1) is 17.7 Å². The van der Waals surface area contributed by atoms with Crippen LogP contribution in [0.1, 0.15) is 29.4 Å². The number of aromatic nitrogens is 2. The number of aliphatic hydroxyl groups is 1. The number of ether oxygens (including phenoxy) is 1. The van der Waals surface area contributed by atoms with E-state index in [1.807, 2.05) is 0 Å². The van der Waals surface area contributed by atoms with Gasteiger partial charge in [0, 0.05) is 32.3 Å². The highest BCUT2D eigenvalue weighted by atomic mass is 19.1. The number of amides is 2. The fourth-order valence-electron chi connectivity index (χ4n) is 2.83. The Balaban J connectivity index is 1.97. The van der Waals surface area contributed by atoms with Crippen molar-refractivity contribution < 1.29 is 23.8 Å². The number of halogens is 1. The van der Waals surface area contributed by atoms with Crippen molar-refractivity contribution in [2.45, 2.75) is 25.5 Å². The summed E-state index contributed by atoms with van der Waals surface area (Å²) in [5.41, 5.74) is 4.53. The normalized spacial score (nSPS) is 14.2. The van der Waals surface area contributed by atoms with Crippen molar-refractivity contribution in [3.8, 4) is 29.0 Å². The van der Waals surface area contributed by atoms with Gasteiger partial charge in [0.2, 0.25) is 6.41 Å². The SMILES string of the molecule is CN(C=O)CCC(C)(O)C#Cc1cc2c(cc1F)OCCn1cc(C(N)=O)nc1-2. The van der Waals surface area contributed by atoms with Gasteiger partial charge in [-0.1, -0.05) is 11.8 Å². The Hall–Kier alpha value is -3.38. The molecule has 1 aliphatic heterocycles. The largest absolute Gasteiger partial charge is 0.491 e. The van der Waals surface area contributed by atoms with Crippen LogP contribution >= 0.6 is 0 Å². The van der Waals surface area contributed by atoms with Crippen LogP contribution < -0.4 is 10.5 Å². The number of nitrogens with zero attached hydrogens (tertiary/aromatic N) is 3. The number of nitrogens with two attached hydrogens (primary N) is 1. The maximum Gasteiger partial charge on any atom is 0.268 e. The van der Waals surface area contributed by atoms with Crippen LogP contribution in [0, 0.1) is 17.7 Å². The maximum absolute atomic E-state index is 14.5. The number of primary amides is 1. The van der Waals surface area contributed by atoms with Gasteiger partial charge in [-0.3, -0.25) is 9.59 Å². The fraction of sp³-hybridized carbons (Fsp3) is 0.350. The van der Waals surface area contributed by atoms with Gasteiger partial charge in [0.1, 0.15) is 35.3 Å². The molecule has 1 aromatic heterocycles. The smallest absolute Gasteiger partial charge is 0.268 e. The van der Waals surface area contributed by atoms with Crippen molar-refractivity contribution in [3.63, 3.8) is 0 Å². The van der Waals surface area contributed by atoms with Gasteiger partial charge >= 0.3 is 0 Å². The fourth-order valence-corrected chi connectivity index (χ4v) is 2.83. The summed E-state index contributed by atoms with van der Waals surface area (Å²) < 4.78 is 21.9. The van der Waals surface area contributed by atoms with Gasteiger partial charge in [-0.2, -0.15) is 0 Å². The molecule has 0 aliphatic carbocycles. The van der Waals surface area contributed by atoms with E-state index in [-0.39, 0.29) is 30.0 Å². The lowest BCUT2D eigenvalue weighted by Crippen LogP contribution is -2.29. The highest BCUT2D eigenvalue weighted by Gasteiger charge is 2.22. The molecule has 0 radical (unpaired) electrons. The summed E-state index contributed by atoms with van der Waals surface area (Å²) in [6.45, 7) is 2.50. The lowest BCUT2D eigenvalue weighted by molar-refractivity contribution is -0.117. The number of rotatable bonds is 5. The van der Waals surface area contributed by atoms with Crippen LogP contribution in [-0.4, -0.2) is 57.7 Å². The van der Waals surface area contributed by atoms with Crippen molar-refractivity contribution in [3.05, 3.63) is 35.4 Å². The first kappa shape index (κ1) is 20.4. The monoisotopic (exact) mass is 400 g/mol. The molecule has 1 aliphatic rings. The Morgan fingerprint density at radius 2 is 2.31 bits per heavy atom. The lowest BCUT2D eigenvalue weighted by atomic mass is 10.0. The number of hydrogen-bond donors (Lipinski definition) is 2. The topological polar surface area (TPSA) is 111 Å². The Kier molecular flexibility index (Phi) is 5.57. The minimum atomic E-state index is -1.41. The molecule has 0 spiro atoms. The maximum atomic E-state index is 14.5. The molecule has 3 N–H and O–H groups in total. The Labute approximate surface area is 167 Å². The first-order chi connectivity index (χ1) is 13.7. The number of benzene rings is 1. The summed E-state index contributed by atoms with van der Waals surface area (Å²) >= 11 is 0. The van der Waals surface area contributed by atoms with Crippen LogP contribution in [0.5, 0.6) is 5.75 Å². The van der Waals surface area contributed by atoms with E-state index in [1.165, 1.54) is 30.2 Å². The number of hydrogen-bond acceptors (Lipinski definition) is 5. The van der Waals surface area contributed by atoms with E-state index in [1.54, 1.807) is 11.6 Å². The summed E-state index contributed by atoms with van der Waals surface area (Å²) in [5.74, 6) is 4.75. The molecule has 8 nitrogen and oxygen atoms in total. The second-order valence-corrected chi connectivity index (χ2v) is 7.04. The summed E-state index contributed by atoms with van der Waals surface area (Å²) in [6, 6.07) is 2.68. The molecule has 152 valence electrons. The van der Waals surface area contributed by atoms with Crippen LogP contribution in [-0.2, 0) is 11.3 Å². The summed E-state index contributed by atoms with van der Waals surface area (Å²) in [4.78, 5) is 27.7. The lowest BCUT2D eigenvalue weighted by Gasteiger charge is -2.19. The molecule has 2 amide bonds. The highest BCUT2D eigenvalue weighted by molar-refractivity contribution is 5.91. The number of imidazole rings is 1. The molecule has 1 aromatic carbocycles. The number of carbonyl (C=O) groups excluding carboxylic acids is 2. The highest BCUT2D eigenvalue weighted by Crippen LogP contribution is 2.34. The average Bonchev–Trinajstić information content (AvgIpc) is 3.03. The number of fused-ring (bicyclic) bond motifs is 3. The second kappa shape index (κ2) is 7.93. The summed E-state index contributed by atoms with van der Waals surface area (Å²) in [7, 11) is 1.59. The quantitative estimate of drug-likeness (QED) is 0.569.